The summed E-state index contributed by atoms with van der Waals surface area (Å²) in [7, 11) is 0. The van der Waals surface area contributed by atoms with Crippen molar-refractivity contribution in [2.45, 2.75) is 13.3 Å². The average molecular weight is 227 g/mol. The summed E-state index contributed by atoms with van der Waals surface area (Å²) in [6.45, 7) is 1.88. The summed E-state index contributed by atoms with van der Waals surface area (Å²) in [6, 6.07) is 1.34. The Hall–Kier alpha value is -1.62. The van der Waals surface area contributed by atoms with Gasteiger partial charge in [-0.25, -0.2) is 14.8 Å². The van der Waals surface area contributed by atoms with E-state index in [2.05, 4.69) is 9.97 Å². The Kier molecular flexibility index (Phi) is 2.32. The predicted octanol–water partition coefficient (Wildman–Crippen LogP) is 2.14. The third-order valence-electron chi connectivity index (χ3n) is 1.96. The molecule has 2 rings (SSSR count). The van der Waals surface area contributed by atoms with E-state index in [-0.39, 0.29) is 11.0 Å². The van der Waals surface area contributed by atoms with Crippen LogP contribution in [0.5, 0.6) is 0 Å². The summed E-state index contributed by atoms with van der Waals surface area (Å²) >= 11 is 5.68. The van der Waals surface area contributed by atoms with Crippen molar-refractivity contribution in [3.8, 4) is 0 Å². The van der Waals surface area contributed by atoms with E-state index in [4.69, 9.17) is 21.1 Å². The standard InChI is InChI=1S/C9H7ClN2O3/c1-2-4-7-5(12-9(10)11-4)3-6(15-7)8(13)14/h3H,2H2,1H3,(H,13,14). The molecule has 0 saturated heterocycles. The number of carboxylic acid groups (broad SMARTS) is 1. The average Bonchev–Trinajstić information content (AvgIpc) is 2.59. The van der Waals surface area contributed by atoms with Crippen molar-refractivity contribution in [2.75, 3.05) is 0 Å². The van der Waals surface area contributed by atoms with Crippen LogP contribution in [0.2, 0.25) is 5.28 Å². The van der Waals surface area contributed by atoms with Gasteiger partial charge in [0.25, 0.3) is 0 Å². The smallest absolute Gasteiger partial charge is 0.371 e. The second-order valence-corrected chi connectivity index (χ2v) is 3.26. The van der Waals surface area contributed by atoms with E-state index >= 15 is 0 Å². The molecule has 0 aliphatic heterocycles. The number of aromatic carboxylic acids is 1. The first-order valence-corrected chi connectivity index (χ1v) is 4.69. The van der Waals surface area contributed by atoms with Crippen molar-refractivity contribution in [2.24, 2.45) is 0 Å². The van der Waals surface area contributed by atoms with Gasteiger partial charge in [-0.3, -0.25) is 0 Å². The second kappa shape index (κ2) is 3.51. The molecule has 2 aromatic rings. The van der Waals surface area contributed by atoms with E-state index in [1.165, 1.54) is 6.07 Å². The summed E-state index contributed by atoms with van der Waals surface area (Å²) in [6.07, 6.45) is 0.602. The number of rotatable bonds is 2. The Labute approximate surface area is 89.7 Å². The van der Waals surface area contributed by atoms with Crippen LogP contribution in [0.3, 0.4) is 0 Å². The number of fused-ring (bicyclic) bond motifs is 1. The highest BCUT2D eigenvalue weighted by Gasteiger charge is 2.15. The number of halogens is 1. The van der Waals surface area contributed by atoms with Crippen LogP contribution in [0.1, 0.15) is 23.2 Å². The number of nitrogens with zero attached hydrogens (tertiary/aromatic N) is 2. The molecular formula is C9H7ClN2O3. The summed E-state index contributed by atoms with van der Waals surface area (Å²) < 4.78 is 5.12. The molecule has 0 amide bonds. The molecule has 78 valence electrons. The highest BCUT2D eigenvalue weighted by atomic mass is 35.5. The van der Waals surface area contributed by atoms with Crippen LogP contribution in [-0.4, -0.2) is 21.0 Å². The number of carbonyl (C=O) groups is 1. The summed E-state index contributed by atoms with van der Waals surface area (Å²) in [5, 5.41) is 8.84. The Morgan fingerprint density at radius 3 is 2.93 bits per heavy atom. The molecule has 0 spiro atoms. The van der Waals surface area contributed by atoms with Crippen LogP contribution in [0, 0.1) is 0 Å². The molecule has 6 heteroatoms. The number of hydrogen-bond acceptors (Lipinski definition) is 4. The first-order valence-electron chi connectivity index (χ1n) is 4.31. The Balaban J connectivity index is 2.74. The minimum Gasteiger partial charge on any atom is -0.475 e. The number of furan rings is 1. The molecule has 0 aromatic carbocycles. The molecule has 0 saturated carbocycles. The zero-order chi connectivity index (χ0) is 11.0. The largest absolute Gasteiger partial charge is 0.475 e. The van der Waals surface area contributed by atoms with Crippen molar-refractivity contribution in [1.29, 1.82) is 0 Å². The van der Waals surface area contributed by atoms with Gasteiger partial charge in [0.1, 0.15) is 5.52 Å². The van der Waals surface area contributed by atoms with Gasteiger partial charge in [-0.05, 0) is 18.0 Å². The van der Waals surface area contributed by atoms with Crippen molar-refractivity contribution in [3.63, 3.8) is 0 Å². The molecule has 0 aliphatic rings. The molecule has 5 nitrogen and oxygen atoms in total. The van der Waals surface area contributed by atoms with Crippen LogP contribution in [0.25, 0.3) is 11.1 Å². The van der Waals surface area contributed by atoms with Gasteiger partial charge >= 0.3 is 5.97 Å². The van der Waals surface area contributed by atoms with Gasteiger partial charge in [-0.2, -0.15) is 0 Å². The maximum absolute atomic E-state index is 10.7. The highest BCUT2D eigenvalue weighted by molar-refractivity contribution is 6.28. The van der Waals surface area contributed by atoms with Crippen LogP contribution >= 0.6 is 11.6 Å². The SMILES string of the molecule is CCc1nc(Cl)nc2cc(C(=O)O)oc12. The van der Waals surface area contributed by atoms with E-state index in [1.807, 2.05) is 6.92 Å². The minimum atomic E-state index is -1.13. The lowest BCUT2D eigenvalue weighted by atomic mass is 10.3. The quantitative estimate of drug-likeness (QED) is 0.794. The van der Waals surface area contributed by atoms with Crippen LogP contribution < -0.4 is 0 Å². The van der Waals surface area contributed by atoms with E-state index in [1.54, 1.807) is 0 Å². The Bertz CT molecular complexity index is 535. The predicted molar refractivity (Wildman–Crippen MR) is 53.2 cm³/mol. The van der Waals surface area contributed by atoms with Gasteiger partial charge < -0.3 is 9.52 Å². The summed E-state index contributed by atoms with van der Waals surface area (Å²) in [5.74, 6) is -1.29. The fraction of sp³-hybridized carbons (Fsp3) is 0.222. The summed E-state index contributed by atoms with van der Waals surface area (Å²) in [5.41, 5.74) is 1.42. The first kappa shape index (κ1) is 9.92. The lowest BCUT2D eigenvalue weighted by Gasteiger charge is -1.96. The molecule has 0 aliphatic carbocycles. The molecule has 1 N–H and O–H groups in total. The number of carboxylic acids is 1. The van der Waals surface area contributed by atoms with Gasteiger partial charge in [0.15, 0.2) is 5.58 Å². The lowest BCUT2D eigenvalue weighted by molar-refractivity contribution is 0.0665. The van der Waals surface area contributed by atoms with E-state index in [9.17, 15) is 4.79 Å². The zero-order valence-electron chi connectivity index (χ0n) is 7.82. The summed E-state index contributed by atoms with van der Waals surface area (Å²) in [4.78, 5) is 18.5. The van der Waals surface area contributed by atoms with Crippen molar-refractivity contribution in [1.82, 2.24) is 9.97 Å². The molecule has 0 bridgehead atoms. The van der Waals surface area contributed by atoms with Crippen LogP contribution in [-0.2, 0) is 6.42 Å². The van der Waals surface area contributed by atoms with Crippen molar-refractivity contribution >= 4 is 28.7 Å². The Morgan fingerprint density at radius 1 is 1.60 bits per heavy atom. The van der Waals surface area contributed by atoms with E-state index in [0.717, 1.165) is 0 Å². The van der Waals surface area contributed by atoms with Gasteiger partial charge in [0.05, 0.1) is 5.69 Å². The fourth-order valence-electron chi connectivity index (χ4n) is 1.30. The maximum Gasteiger partial charge on any atom is 0.371 e. The molecule has 2 aromatic heterocycles. The van der Waals surface area contributed by atoms with Crippen LogP contribution in [0.15, 0.2) is 10.5 Å². The van der Waals surface area contributed by atoms with E-state index < -0.39 is 5.97 Å². The van der Waals surface area contributed by atoms with Crippen molar-refractivity contribution < 1.29 is 14.3 Å². The minimum absolute atomic E-state index is 0.0945. The van der Waals surface area contributed by atoms with Gasteiger partial charge in [-0.1, -0.05) is 6.92 Å². The zero-order valence-corrected chi connectivity index (χ0v) is 8.58. The number of hydrogen-bond donors (Lipinski definition) is 1. The molecule has 0 unspecified atom stereocenters. The lowest BCUT2D eigenvalue weighted by Crippen LogP contribution is -1.91. The monoisotopic (exact) mass is 226 g/mol. The molecule has 15 heavy (non-hydrogen) atoms. The molecule has 0 fully saturated rings. The van der Waals surface area contributed by atoms with Crippen molar-refractivity contribution in [3.05, 3.63) is 22.8 Å². The third-order valence-corrected chi connectivity index (χ3v) is 2.13. The van der Waals surface area contributed by atoms with Gasteiger partial charge in [0.2, 0.25) is 11.0 Å². The molecule has 2 heterocycles. The topological polar surface area (TPSA) is 76.2 Å². The van der Waals surface area contributed by atoms with E-state index in [0.29, 0.717) is 23.2 Å². The van der Waals surface area contributed by atoms with Gasteiger partial charge in [-0.15, -0.1) is 0 Å². The third kappa shape index (κ3) is 1.66. The second-order valence-electron chi connectivity index (χ2n) is 2.92. The van der Waals surface area contributed by atoms with Gasteiger partial charge in [0, 0.05) is 6.07 Å². The molecule has 0 atom stereocenters. The highest BCUT2D eigenvalue weighted by Crippen LogP contribution is 2.22. The first-order chi connectivity index (χ1) is 7.11. The molecule has 0 radical (unpaired) electrons. The number of aromatic nitrogens is 2. The number of aryl methyl sites for hydroxylation is 1. The normalized spacial score (nSPS) is 10.8. The Morgan fingerprint density at radius 2 is 2.33 bits per heavy atom. The fourth-order valence-corrected chi connectivity index (χ4v) is 1.50. The molecular weight excluding hydrogens is 220 g/mol. The van der Waals surface area contributed by atoms with Crippen LogP contribution in [0.4, 0.5) is 0 Å². The maximum atomic E-state index is 10.7.